The largest absolute Gasteiger partial charge is 0.481 e. The Morgan fingerprint density at radius 2 is 2.09 bits per heavy atom. The molecule has 4 heteroatoms. The number of nitrogens with two attached hydrogens (primary N) is 1. The van der Waals surface area contributed by atoms with Gasteiger partial charge in [0.2, 0.25) is 0 Å². The molecule has 1 aliphatic carbocycles. The first kappa shape index (κ1) is 10.7. The Balaban J connectivity index is 0.000001000. The van der Waals surface area contributed by atoms with Gasteiger partial charge in [0.05, 0.1) is 5.92 Å². The van der Waals surface area contributed by atoms with E-state index in [0.29, 0.717) is 6.42 Å². The zero-order chi connectivity index (χ0) is 7.56. The molecular formula is C7H14ClNO2. The number of carboxylic acid groups (broad SMARTS) is 1. The summed E-state index contributed by atoms with van der Waals surface area (Å²) in [4.78, 5) is 10.4. The van der Waals surface area contributed by atoms with E-state index in [1.165, 1.54) is 0 Å². The first-order valence-electron chi connectivity index (χ1n) is 3.68. The summed E-state index contributed by atoms with van der Waals surface area (Å²) < 4.78 is 0. The number of aliphatic carboxylic acids is 1. The van der Waals surface area contributed by atoms with E-state index in [1.54, 1.807) is 0 Å². The Bertz CT molecular complexity index is 140. The molecule has 1 rings (SSSR count). The zero-order valence-electron chi connectivity index (χ0n) is 6.32. The highest BCUT2D eigenvalue weighted by atomic mass is 35.5. The smallest absolute Gasteiger partial charge is 0.306 e. The summed E-state index contributed by atoms with van der Waals surface area (Å²) in [5, 5.41) is 8.60. The Kier molecular flexibility index (Phi) is 4.45. The predicted octanol–water partition coefficient (Wildman–Crippen LogP) is 1.01. The van der Waals surface area contributed by atoms with Crippen molar-refractivity contribution in [2.75, 3.05) is 0 Å². The van der Waals surface area contributed by atoms with E-state index >= 15 is 0 Å². The molecule has 0 saturated heterocycles. The van der Waals surface area contributed by atoms with Crippen LogP contribution >= 0.6 is 12.4 Å². The fourth-order valence-electron chi connectivity index (χ4n) is 1.45. The summed E-state index contributed by atoms with van der Waals surface area (Å²) >= 11 is 0. The second-order valence-corrected chi connectivity index (χ2v) is 2.96. The molecule has 0 amide bonds. The van der Waals surface area contributed by atoms with Gasteiger partial charge < -0.3 is 10.8 Å². The van der Waals surface area contributed by atoms with Gasteiger partial charge in [-0.1, -0.05) is 6.42 Å². The van der Waals surface area contributed by atoms with Crippen molar-refractivity contribution in [1.29, 1.82) is 0 Å². The van der Waals surface area contributed by atoms with Gasteiger partial charge in [-0.05, 0) is 19.3 Å². The van der Waals surface area contributed by atoms with Crippen molar-refractivity contribution in [2.45, 2.75) is 31.7 Å². The summed E-state index contributed by atoms with van der Waals surface area (Å²) in [7, 11) is 0. The van der Waals surface area contributed by atoms with Crippen LogP contribution in [0.2, 0.25) is 0 Å². The van der Waals surface area contributed by atoms with E-state index in [-0.39, 0.29) is 24.4 Å². The second-order valence-electron chi connectivity index (χ2n) is 2.96. The molecule has 0 aromatic rings. The lowest BCUT2D eigenvalue weighted by atomic mass is 9.86. The van der Waals surface area contributed by atoms with Gasteiger partial charge in [0.25, 0.3) is 0 Å². The first-order valence-corrected chi connectivity index (χ1v) is 3.68. The van der Waals surface area contributed by atoms with E-state index < -0.39 is 5.97 Å². The normalized spacial score (nSPS) is 30.6. The monoisotopic (exact) mass is 179 g/mol. The van der Waals surface area contributed by atoms with Crippen molar-refractivity contribution >= 4 is 18.4 Å². The van der Waals surface area contributed by atoms with Crippen LogP contribution in [0.1, 0.15) is 25.7 Å². The van der Waals surface area contributed by atoms with Gasteiger partial charge in [-0.2, -0.15) is 0 Å². The van der Waals surface area contributed by atoms with Gasteiger partial charge in [-0.15, -0.1) is 12.4 Å². The maximum Gasteiger partial charge on any atom is 0.306 e. The van der Waals surface area contributed by atoms with Crippen LogP contribution in [0.5, 0.6) is 0 Å². The minimum atomic E-state index is -0.685. The number of rotatable bonds is 1. The van der Waals surface area contributed by atoms with Crippen molar-refractivity contribution in [3.8, 4) is 0 Å². The average Bonchev–Trinajstić information content (AvgIpc) is 1.88. The van der Waals surface area contributed by atoms with Gasteiger partial charge in [0.15, 0.2) is 0 Å². The minimum absolute atomic E-state index is 0. The highest BCUT2D eigenvalue weighted by Gasteiger charge is 2.24. The van der Waals surface area contributed by atoms with E-state index in [2.05, 4.69) is 0 Å². The average molecular weight is 180 g/mol. The van der Waals surface area contributed by atoms with E-state index in [1.807, 2.05) is 0 Å². The first-order chi connectivity index (χ1) is 4.70. The van der Waals surface area contributed by atoms with Crippen LogP contribution in [0.3, 0.4) is 0 Å². The molecule has 0 heterocycles. The van der Waals surface area contributed by atoms with Crippen LogP contribution in [0, 0.1) is 5.92 Å². The van der Waals surface area contributed by atoms with Crippen LogP contribution in [0.15, 0.2) is 0 Å². The number of carboxylic acids is 1. The fourth-order valence-corrected chi connectivity index (χ4v) is 1.45. The Labute approximate surface area is 72.4 Å². The van der Waals surface area contributed by atoms with Crippen LogP contribution < -0.4 is 5.73 Å². The summed E-state index contributed by atoms with van der Waals surface area (Å²) in [5.74, 6) is -0.862. The highest BCUT2D eigenvalue weighted by molar-refractivity contribution is 5.85. The molecule has 3 N–H and O–H groups in total. The van der Waals surface area contributed by atoms with Gasteiger partial charge in [0, 0.05) is 6.04 Å². The van der Waals surface area contributed by atoms with Gasteiger partial charge in [-0.25, -0.2) is 0 Å². The lowest BCUT2D eigenvalue weighted by molar-refractivity contribution is -0.142. The molecule has 11 heavy (non-hydrogen) atoms. The lowest BCUT2D eigenvalue weighted by Gasteiger charge is -2.22. The molecule has 0 radical (unpaired) electrons. The van der Waals surface area contributed by atoms with Crippen LogP contribution in [-0.4, -0.2) is 17.1 Å². The standard InChI is InChI=1S/C7H13NO2.ClH/c8-6-3-1-2-5(4-6)7(9)10;/h5-6H,1-4,8H2,(H,9,10);1H/t5-,6+;/m1./s1. The van der Waals surface area contributed by atoms with Gasteiger partial charge in [0.1, 0.15) is 0 Å². The quantitative estimate of drug-likeness (QED) is 0.632. The minimum Gasteiger partial charge on any atom is -0.481 e. The molecule has 0 spiro atoms. The van der Waals surface area contributed by atoms with Crippen molar-refractivity contribution in [1.82, 2.24) is 0 Å². The molecule has 0 bridgehead atoms. The molecule has 0 unspecified atom stereocenters. The van der Waals surface area contributed by atoms with Gasteiger partial charge >= 0.3 is 5.97 Å². The van der Waals surface area contributed by atoms with E-state index in [9.17, 15) is 4.79 Å². The molecule has 1 fully saturated rings. The number of carbonyl (C=O) groups is 1. The van der Waals surface area contributed by atoms with Crippen LogP contribution in [0.4, 0.5) is 0 Å². The van der Waals surface area contributed by atoms with Crippen molar-refractivity contribution in [2.24, 2.45) is 11.7 Å². The van der Waals surface area contributed by atoms with E-state index in [4.69, 9.17) is 10.8 Å². The van der Waals surface area contributed by atoms with Crippen LogP contribution in [0.25, 0.3) is 0 Å². The molecule has 66 valence electrons. The molecule has 3 nitrogen and oxygen atoms in total. The molecule has 1 saturated carbocycles. The Hall–Kier alpha value is -0.280. The molecule has 0 aromatic heterocycles. The second kappa shape index (κ2) is 4.57. The van der Waals surface area contributed by atoms with Crippen molar-refractivity contribution in [3.63, 3.8) is 0 Å². The van der Waals surface area contributed by atoms with Crippen molar-refractivity contribution < 1.29 is 9.90 Å². The van der Waals surface area contributed by atoms with Crippen LogP contribution in [-0.2, 0) is 4.79 Å². The highest BCUT2D eigenvalue weighted by Crippen LogP contribution is 2.22. The number of hydrogen-bond acceptors (Lipinski definition) is 2. The molecule has 0 aromatic carbocycles. The third-order valence-corrected chi connectivity index (χ3v) is 2.06. The summed E-state index contributed by atoms with van der Waals surface area (Å²) in [5.41, 5.74) is 5.60. The van der Waals surface area contributed by atoms with Gasteiger partial charge in [-0.3, -0.25) is 4.79 Å². The number of halogens is 1. The Morgan fingerprint density at radius 1 is 1.45 bits per heavy atom. The number of hydrogen-bond donors (Lipinski definition) is 2. The topological polar surface area (TPSA) is 63.3 Å². The molecule has 2 atom stereocenters. The molecular weight excluding hydrogens is 166 g/mol. The van der Waals surface area contributed by atoms with Crippen molar-refractivity contribution in [3.05, 3.63) is 0 Å². The third kappa shape index (κ3) is 3.08. The maximum atomic E-state index is 10.4. The Morgan fingerprint density at radius 3 is 2.45 bits per heavy atom. The summed E-state index contributed by atoms with van der Waals surface area (Å²) in [6.07, 6.45) is 3.43. The van der Waals surface area contributed by atoms with E-state index in [0.717, 1.165) is 19.3 Å². The fraction of sp³-hybridized carbons (Fsp3) is 0.857. The lowest BCUT2D eigenvalue weighted by Crippen LogP contribution is -2.31. The molecule has 0 aliphatic heterocycles. The zero-order valence-corrected chi connectivity index (χ0v) is 7.14. The maximum absolute atomic E-state index is 10.4. The SMILES string of the molecule is Cl.N[C@H]1CCC[C@@H](C(=O)O)C1. The summed E-state index contributed by atoms with van der Waals surface area (Å²) in [6.45, 7) is 0. The third-order valence-electron chi connectivity index (χ3n) is 2.06. The predicted molar refractivity (Wildman–Crippen MR) is 44.8 cm³/mol. The summed E-state index contributed by atoms with van der Waals surface area (Å²) in [6, 6.07) is 0.120. The molecule has 1 aliphatic rings.